The minimum absolute atomic E-state index is 0.263. The first-order valence-electron chi connectivity index (χ1n) is 10.0. The van der Waals surface area contributed by atoms with Crippen molar-refractivity contribution in [3.8, 4) is 17.3 Å². The van der Waals surface area contributed by atoms with E-state index >= 15 is 0 Å². The molecule has 1 atom stereocenters. The van der Waals surface area contributed by atoms with Gasteiger partial charge in [-0.1, -0.05) is 11.2 Å². The molecule has 4 rings (SSSR count). The van der Waals surface area contributed by atoms with Gasteiger partial charge >= 0.3 is 0 Å². The number of benzene rings is 1. The van der Waals surface area contributed by atoms with Crippen LogP contribution in [0, 0.1) is 20.8 Å². The zero-order valence-corrected chi connectivity index (χ0v) is 17.5. The van der Waals surface area contributed by atoms with Crippen LogP contribution in [0.2, 0.25) is 0 Å². The normalized spacial score (nSPS) is 17.4. The fraction of sp³-hybridized carbons (Fsp3) is 0.455. The molecule has 0 radical (unpaired) electrons. The Bertz CT molecular complexity index is 983. The third-order valence-corrected chi connectivity index (χ3v) is 5.78. The van der Waals surface area contributed by atoms with Gasteiger partial charge < -0.3 is 9.26 Å². The molecule has 3 aromatic rings. The van der Waals surface area contributed by atoms with Gasteiger partial charge in [-0.3, -0.25) is 9.88 Å². The lowest BCUT2D eigenvalue weighted by Crippen LogP contribution is -2.34. The first-order valence-corrected chi connectivity index (χ1v) is 10.0. The third-order valence-electron chi connectivity index (χ3n) is 5.78. The van der Waals surface area contributed by atoms with Gasteiger partial charge in [0.2, 0.25) is 0 Å². The van der Waals surface area contributed by atoms with Gasteiger partial charge in [0.05, 0.1) is 19.0 Å². The topological polar surface area (TPSA) is 77.2 Å². The van der Waals surface area contributed by atoms with Crippen LogP contribution in [0.5, 0.6) is 5.75 Å². The molecule has 0 saturated carbocycles. The number of aromatic nitrogens is 4. The van der Waals surface area contributed by atoms with Crippen molar-refractivity contribution in [2.45, 2.75) is 46.1 Å². The van der Waals surface area contributed by atoms with Crippen molar-refractivity contribution in [2.75, 3.05) is 20.2 Å². The molecule has 1 fully saturated rings. The van der Waals surface area contributed by atoms with Crippen LogP contribution >= 0.6 is 0 Å². The molecule has 7 heteroatoms. The van der Waals surface area contributed by atoms with Crippen LogP contribution < -0.4 is 4.74 Å². The molecule has 0 unspecified atom stereocenters. The first-order chi connectivity index (χ1) is 14.0. The number of aryl methyl sites for hydroxylation is 1. The molecule has 0 bridgehead atoms. The summed E-state index contributed by atoms with van der Waals surface area (Å²) in [6.45, 7) is 9.10. The second-order valence-corrected chi connectivity index (χ2v) is 7.75. The van der Waals surface area contributed by atoms with E-state index in [0.29, 0.717) is 11.6 Å². The molecule has 1 saturated heterocycles. The number of hydrogen-bond acceptors (Lipinski definition) is 7. The van der Waals surface area contributed by atoms with Gasteiger partial charge in [0.25, 0.3) is 5.89 Å². The van der Waals surface area contributed by atoms with E-state index in [2.05, 4.69) is 51.0 Å². The van der Waals surface area contributed by atoms with Crippen LogP contribution in [0.4, 0.5) is 0 Å². The predicted octanol–water partition coefficient (Wildman–Crippen LogP) is 3.84. The van der Waals surface area contributed by atoms with Crippen molar-refractivity contribution in [3.05, 3.63) is 52.7 Å². The zero-order valence-electron chi connectivity index (χ0n) is 17.5. The van der Waals surface area contributed by atoms with Gasteiger partial charge in [0, 0.05) is 25.2 Å². The van der Waals surface area contributed by atoms with E-state index in [0.717, 1.165) is 49.7 Å². The number of methoxy groups -OCH3 is 1. The molecule has 2 aromatic heterocycles. The maximum atomic E-state index is 5.46. The summed E-state index contributed by atoms with van der Waals surface area (Å²) in [5.74, 6) is 2.40. The number of ether oxygens (including phenoxy) is 1. The number of nitrogens with zero attached hydrogens (tertiary/aromatic N) is 5. The molecule has 29 heavy (non-hydrogen) atoms. The molecule has 152 valence electrons. The minimum Gasteiger partial charge on any atom is -0.496 e. The Morgan fingerprint density at radius 2 is 2.00 bits per heavy atom. The van der Waals surface area contributed by atoms with Gasteiger partial charge in [-0.05, 0) is 62.9 Å². The molecule has 1 aromatic carbocycles. The van der Waals surface area contributed by atoms with Gasteiger partial charge in [-0.15, -0.1) is 0 Å². The van der Waals surface area contributed by atoms with Crippen LogP contribution in [0.1, 0.15) is 47.0 Å². The molecule has 1 aliphatic heterocycles. The van der Waals surface area contributed by atoms with Crippen LogP contribution in [0.15, 0.2) is 29.0 Å². The lowest BCUT2D eigenvalue weighted by Gasteiger charge is -2.31. The Hall–Kier alpha value is -2.80. The smallest absolute Gasteiger partial charge is 0.278 e. The SMILES string of the molecule is COc1ccc(CN2CCC[C@H](c3noc(-c4cnc(C)cn4)n3)C2)c(C)c1C. The Morgan fingerprint density at radius 3 is 2.76 bits per heavy atom. The first kappa shape index (κ1) is 19.5. The van der Waals surface area contributed by atoms with Crippen molar-refractivity contribution < 1.29 is 9.26 Å². The molecule has 0 spiro atoms. The number of hydrogen-bond donors (Lipinski definition) is 0. The Labute approximate surface area is 171 Å². The third kappa shape index (κ3) is 4.15. The number of piperidine rings is 1. The monoisotopic (exact) mass is 393 g/mol. The van der Waals surface area contributed by atoms with Gasteiger partial charge in [-0.2, -0.15) is 4.98 Å². The number of likely N-dealkylation sites (tertiary alicyclic amines) is 1. The van der Waals surface area contributed by atoms with Crippen LogP contribution in [0.3, 0.4) is 0 Å². The Morgan fingerprint density at radius 1 is 1.14 bits per heavy atom. The second kappa shape index (κ2) is 8.29. The summed E-state index contributed by atoms with van der Waals surface area (Å²) < 4.78 is 10.9. The second-order valence-electron chi connectivity index (χ2n) is 7.75. The summed E-state index contributed by atoms with van der Waals surface area (Å²) in [5, 5.41) is 4.24. The van der Waals surface area contributed by atoms with E-state index in [-0.39, 0.29) is 5.92 Å². The average molecular weight is 393 g/mol. The van der Waals surface area contributed by atoms with Crippen LogP contribution in [-0.2, 0) is 6.54 Å². The van der Waals surface area contributed by atoms with Crippen molar-refractivity contribution in [1.29, 1.82) is 0 Å². The lowest BCUT2D eigenvalue weighted by atomic mass is 9.95. The molecule has 0 amide bonds. The van der Waals surface area contributed by atoms with Crippen LogP contribution in [0.25, 0.3) is 11.6 Å². The molecule has 3 heterocycles. The van der Waals surface area contributed by atoms with Crippen molar-refractivity contribution in [2.24, 2.45) is 0 Å². The highest BCUT2D eigenvalue weighted by Gasteiger charge is 2.26. The molecule has 7 nitrogen and oxygen atoms in total. The summed E-state index contributed by atoms with van der Waals surface area (Å²) >= 11 is 0. The van der Waals surface area contributed by atoms with E-state index in [1.54, 1.807) is 19.5 Å². The van der Waals surface area contributed by atoms with E-state index in [1.807, 2.05) is 6.92 Å². The highest BCUT2D eigenvalue weighted by molar-refractivity contribution is 5.44. The minimum atomic E-state index is 0.263. The van der Waals surface area contributed by atoms with E-state index in [1.165, 1.54) is 16.7 Å². The quantitative estimate of drug-likeness (QED) is 0.652. The van der Waals surface area contributed by atoms with E-state index < -0.39 is 0 Å². The molecule has 0 aliphatic carbocycles. The standard InChI is InChI=1S/C22H27N5O2/c1-14-10-24-19(11-23-14)22-25-21(26-29-22)18-6-5-9-27(13-18)12-17-7-8-20(28-4)16(3)15(17)2/h7-8,10-11,18H,5-6,9,12-13H2,1-4H3/t18-/m0/s1. The van der Waals surface area contributed by atoms with Gasteiger partial charge in [0.1, 0.15) is 11.4 Å². The number of rotatable bonds is 5. The molecular weight excluding hydrogens is 366 g/mol. The molecular formula is C22H27N5O2. The fourth-order valence-corrected chi connectivity index (χ4v) is 3.90. The highest BCUT2D eigenvalue weighted by Crippen LogP contribution is 2.29. The Kier molecular flexibility index (Phi) is 5.58. The van der Waals surface area contributed by atoms with E-state index in [9.17, 15) is 0 Å². The summed E-state index contributed by atoms with van der Waals surface area (Å²) in [6.07, 6.45) is 5.57. The maximum Gasteiger partial charge on any atom is 0.278 e. The predicted molar refractivity (Wildman–Crippen MR) is 110 cm³/mol. The summed E-state index contributed by atoms with van der Waals surface area (Å²) in [6, 6.07) is 4.24. The average Bonchev–Trinajstić information content (AvgIpc) is 3.23. The maximum absolute atomic E-state index is 5.46. The summed E-state index contributed by atoms with van der Waals surface area (Å²) in [7, 11) is 1.72. The van der Waals surface area contributed by atoms with Crippen molar-refractivity contribution in [1.82, 2.24) is 25.0 Å². The summed E-state index contributed by atoms with van der Waals surface area (Å²) in [5.41, 5.74) is 5.33. The van der Waals surface area contributed by atoms with Crippen LogP contribution in [-0.4, -0.2) is 45.2 Å². The Balaban J connectivity index is 1.46. The largest absolute Gasteiger partial charge is 0.496 e. The lowest BCUT2D eigenvalue weighted by molar-refractivity contribution is 0.194. The molecule has 1 aliphatic rings. The van der Waals surface area contributed by atoms with Gasteiger partial charge in [-0.25, -0.2) is 4.98 Å². The summed E-state index contributed by atoms with van der Waals surface area (Å²) in [4.78, 5) is 15.7. The van der Waals surface area contributed by atoms with Crippen molar-refractivity contribution >= 4 is 0 Å². The van der Waals surface area contributed by atoms with Gasteiger partial charge in [0.15, 0.2) is 5.82 Å². The highest BCUT2D eigenvalue weighted by atomic mass is 16.5. The van der Waals surface area contributed by atoms with Crippen molar-refractivity contribution in [3.63, 3.8) is 0 Å². The zero-order chi connectivity index (χ0) is 20.4. The van der Waals surface area contributed by atoms with E-state index in [4.69, 9.17) is 9.26 Å². The molecule has 0 N–H and O–H groups in total. The fourth-order valence-electron chi connectivity index (χ4n) is 3.90.